The van der Waals surface area contributed by atoms with E-state index in [1.54, 1.807) is 30.6 Å². The van der Waals surface area contributed by atoms with Crippen LogP contribution in [-0.4, -0.2) is 15.9 Å². The van der Waals surface area contributed by atoms with Crippen LogP contribution < -0.4 is 5.32 Å². The molecule has 1 amide bonds. The van der Waals surface area contributed by atoms with E-state index in [-0.39, 0.29) is 17.7 Å². The Bertz CT molecular complexity index is 844. The van der Waals surface area contributed by atoms with Crippen LogP contribution in [0.2, 0.25) is 0 Å². The molecule has 3 rings (SSSR count). The number of benzene rings is 2. The average molecular weight is 319 g/mol. The summed E-state index contributed by atoms with van der Waals surface area (Å²) in [4.78, 5) is 20.1. The summed E-state index contributed by atoms with van der Waals surface area (Å²) < 4.78 is 12.9. The first kappa shape index (κ1) is 15.6. The monoisotopic (exact) mass is 319 g/mol. The maximum atomic E-state index is 12.9. The molecule has 5 heteroatoms. The van der Waals surface area contributed by atoms with Crippen molar-refractivity contribution in [2.24, 2.45) is 0 Å². The van der Waals surface area contributed by atoms with Crippen molar-refractivity contribution < 1.29 is 9.18 Å². The molecule has 0 spiro atoms. The molecule has 0 aliphatic heterocycles. The maximum absolute atomic E-state index is 12.9. The largest absolute Gasteiger partial charge is 0.291 e. The van der Waals surface area contributed by atoms with Gasteiger partial charge in [0.25, 0.3) is 5.91 Å². The molecule has 0 unspecified atom stereocenters. The zero-order valence-corrected chi connectivity index (χ0v) is 12.7. The van der Waals surface area contributed by atoms with Crippen molar-refractivity contribution in [2.75, 3.05) is 5.32 Å². The molecule has 0 aliphatic rings. The van der Waals surface area contributed by atoms with Gasteiger partial charge in [0.05, 0.1) is 0 Å². The maximum Gasteiger partial charge on any atom is 0.250 e. The highest BCUT2D eigenvalue weighted by Gasteiger charge is 2.03. The predicted octanol–water partition coefficient (Wildman–Crippen LogP) is 3.93. The number of hydrogen-bond acceptors (Lipinski definition) is 3. The fraction of sp³-hybridized carbons (Fsp3) is 0. The molecular weight excluding hydrogens is 305 g/mol. The average Bonchev–Trinajstić information content (AvgIpc) is 2.62. The lowest BCUT2D eigenvalue weighted by Crippen LogP contribution is -2.10. The summed E-state index contributed by atoms with van der Waals surface area (Å²) in [7, 11) is 0. The zero-order chi connectivity index (χ0) is 16.8. The summed E-state index contributed by atoms with van der Waals surface area (Å²) >= 11 is 0. The summed E-state index contributed by atoms with van der Waals surface area (Å²) in [6.45, 7) is 0. The Balaban J connectivity index is 1.64. The quantitative estimate of drug-likeness (QED) is 0.741. The van der Waals surface area contributed by atoms with Crippen LogP contribution in [0, 0.1) is 5.82 Å². The zero-order valence-electron chi connectivity index (χ0n) is 12.7. The van der Waals surface area contributed by atoms with Crippen LogP contribution >= 0.6 is 0 Å². The van der Waals surface area contributed by atoms with E-state index in [9.17, 15) is 9.18 Å². The Hall–Kier alpha value is -3.34. The number of rotatable bonds is 4. The highest BCUT2D eigenvalue weighted by molar-refractivity contribution is 6.00. The van der Waals surface area contributed by atoms with Crippen molar-refractivity contribution >= 4 is 17.9 Å². The van der Waals surface area contributed by atoms with E-state index >= 15 is 0 Å². The van der Waals surface area contributed by atoms with Crippen molar-refractivity contribution in [3.8, 4) is 11.1 Å². The third-order valence-electron chi connectivity index (χ3n) is 3.29. The smallest absolute Gasteiger partial charge is 0.250 e. The first-order valence-electron chi connectivity index (χ1n) is 7.33. The molecule has 1 aromatic heterocycles. The van der Waals surface area contributed by atoms with Crippen LogP contribution in [0.4, 0.5) is 10.3 Å². The molecule has 0 atom stereocenters. The molecule has 0 aliphatic carbocycles. The van der Waals surface area contributed by atoms with Crippen molar-refractivity contribution in [2.45, 2.75) is 0 Å². The predicted molar refractivity (Wildman–Crippen MR) is 91.5 cm³/mol. The van der Waals surface area contributed by atoms with Crippen molar-refractivity contribution in [1.29, 1.82) is 0 Å². The summed E-state index contributed by atoms with van der Waals surface area (Å²) in [6, 6.07) is 15.6. The number of amides is 1. The van der Waals surface area contributed by atoms with Gasteiger partial charge in [0.1, 0.15) is 5.82 Å². The molecule has 3 aromatic rings. The second-order valence-electron chi connectivity index (χ2n) is 5.04. The Morgan fingerprint density at radius 2 is 1.58 bits per heavy atom. The fourth-order valence-electron chi connectivity index (χ4n) is 2.07. The van der Waals surface area contributed by atoms with Crippen LogP contribution in [0.1, 0.15) is 5.56 Å². The molecule has 0 saturated carbocycles. The van der Waals surface area contributed by atoms with Crippen LogP contribution in [0.15, 0.2) is 73.1 Å². The number of halogens is 1. The topological polar surface area (TPSA) is 54.9 Å². The lowest BCUT2D eigenvalue weighted by molar-refractivity contribution is -0.111. The molecule has 1 heterocycles. The molecular formula is C19H14FN3O. The van der Waals surface area contributed by atoms with Crippen LogP contribution in [0.5, 0.6) is 0 Å². The lowest BCUT2D eigenvalue weighted by atomic mass is 10.1. The molecule has 4 nitrogen and oxygen atoms in total. The van der Waals surface area contributed by atoms with Crippen LogP contribution in [0.3, 0.4) is 0 Å². The molecule has 0 radical (unpaired) electrons. The van der Waals surface area contributed by atoms with Gasteiger partial charge in [-0.2, -0.15) is 0 Å². The Morgan fingerprint density at radius 3 is 2.25 bits per heavy atom. The van der Waals surface area contributed by atoms with Gasteiger partial charge in [0, 0.05) is 24.0 Å². The molecule has 118 valence electrons. The van der Waals surface area contributed by atoms with Gasteiger partial charge in [0.2, 0.25) is 5.95 Å². The van der Waals surface area contributed by atoms with Gasteiger partial charge in [-0.15, -0.1) is 0 Å². The lowest BCUT2D eigenvalue weighted by Gasteiger charge is -2.03. The number of nitrogens with zero attached hydrogens (tertiary/aromatic N) is 2. The van der Waals surface area contributed by atoms with Crippen molar-refractivity contribution in [1.82, 2.24) is 9.97 Å². The van der Waals surface area contributed by atoms with E-state index in [1.807, 2.05) is 30.3 Å². The minimum absolute atomic E-state index is 0.212. The van der Waals surface area contributed by atoms with Gasteiger partial charge in [-0.3, -0.25) is 10.1 Å². The third kappa shape index (κ3) is 4.10. The van der Waals surface area contributed by atoms with Gasteiger partial charge in [-0.1, -0.05) is 42.5 Å². The normalized spacial score (nSPS) is 10.7. The van der Waals surface area contributed by atoms with Gasteiger partial charge in [-0.25, -0.2) is 14.4 Å². The van der Waals surface area contributed by atoms with E-state index in [0.717, 1.165) is 16.7 Å². The van der Waals surface area contributed by atoms with Crippen molar-refractivity contribution in [3.63, 3.8) is 0 Å². The SMILES string of the molecule is O=C(/C=C\c1ccccc1)Nc1ncc(-c2ccc(F)cc2)cn1. The molecule has 2 aromatic carbocycles. The highest BCUT2D eigenvalue weighted by Crippen LogP contribution is 2.18. The number of carbonyl (C=O) groups is 1. The van der Waals surface area contributed by atoms with Gasteiger partial charge >= 0.3 is 0 Å². The molecule has 24 heavy (non-hydrogen) atoms. The first-order chi connectivity index (χ1) is 11.7. The number of nitrogens with one attached hydrogen (secondary N) is 1. The van der Waals surface area contributed by atoms with E-state index in [4.69, 9.17) is 0 Å². The Labute approximate surface area is 138 Å². The second-order valence-corrected chi connectivity index (χ2v) is 5.04. The molecule has 0 fully saturated rings. The molecule has 0 saturated heterocycles. The minimum atomic E-state index is -0.312. The molecule has 1 N–H and O–H groups in total. The first-order valence-corrected chi connectivity index (χ1v) is 7.33. The highest BCUT2D eigenvalue weighted by atomic mass is 19.1. The Morgan fingerprint density at radius 1 is 0.917 bits per heavy atom. The van der Waals surface area contributed by atoms with Gasteiger partial charge < -0.3 is 0 Å². The van der Waals surface area contributed by atoms with Gasteiger partial charge in [-0.05, 0) is 29.3 Å². The van der Waals surface area contributed by atoms with E-state index in [1.165, 1.54) is 18.2 Å². The number of hydrogen-bond donors (Lipinski definition) is 1. The molecule has 0 bridgehead atoms. The van der Waals surface area contributed by atoms with E-state index in [0.29, 0.717) is 0 Å². The van der Waals surface area contributed by atoms with Crippen molar-refractivity contribution in [3.05, 3.63) is 84.4 Å². The fourth-order valence-corrected chi connectivity index (χ4v) is 2.07. The van der Waals surface area contributed by atoms with Crippen LogP contribution in [-0.2, 0) is 4.79 Å². The van der Waals surface area contributed by atoms with E-state index < -0.39 is 0 Å². The minimum Gasteiger partial charge on any atom is -0.291 e. The summed E-state index contributed by atoms with van der Waals surface area (Å²) in [5, 5.41) is 2.59. The van der Waals surface area contributed by atoms with E-state index in [2.05, 4.69) is 15.3 Å². The Kier molecular flexibility index (Phi) is 4.72. The second kappa shape index (κ2) is 7.28. The standard InChI is InChI=1S/C19H14FN3O/c20-17-9-7-15(8-10-17)16-12-21-19(22-13-16)23-18(24)11-6-14-4-2-1-3-5-14/h1-13H,(H,21,22,23,24)/b11-6-. The summed E-state index contributed by atoms with van der Waals surface area (Å²) in [6.07, 6.45) is 6.29. The summed E-state index contributed by atoms with van der Waals surface area (Å²) in [5.74, 6) is -0.397. The number of anilines is 1. The van der Waals surface area contributed by atoms with Crippen LogP contribution in [0.25, 0.3) is 17.2 Å². The number of carbonyl (C=O) groups excluding carboxylic acids is 1. The number of aromatic nitrogens is 2. The summed E-state index contributed by atoms with van der Waals surface area (Å²) in [5.41, 5.74) is 2.48. The third-order valence-corrected chi connectivity index (χ3v) is 3.29. The van der Waals surface area contributed by atoms with Gasteiger partial charge in [0.15, 0.2) is 0 Å².